The van der Waals surface area contributed by atoms with Crippen molar-refractivity contribution in [3.8, 4) is 11.5 Å². The van der Waals surface area contributed by atoms with Crippen LogP contribution < -0.4 is 14.8 Å². The number of rotatable bonds is 6. The summed E-state index contributed by atoms with van der Waals surface area (Å²) in [6, 6.07) is 13.5. The van der Waals surface area contributed by atoms with Gasteiger partial charge in [-0.25, -0.2) is 0 Å². The maximum absolute atomic E-state index is 12.2. The summed E-state index contributed by atoms with van der Waals surface area (Å²) >= 11 is 0. The Hall–Kier alpha value is -2.49. The number of carbonyl (C=O) groups excluding carboxylic acids is 1. The second-order valence-electron chi connectivity index (χ2n) is 5.56. The molecule has 0 unspecified atom stereocenters. The van der Waals surface area contributed by atoms with Gasteiger partial charge in [0.05, 0.1) is 7.11 Å². The van der Waals surface area contributed by atoms with Crippen molar-refractivity contribution in [2.24, 2.45) is 0 Å². The largest absolute Gasteiger partial charge is 0.496 e. The molecule has 0 radical (unpaired) electrons. The Labute approximate surface area is 137 Å². The van der Waals surface area contributed by atoms with Gasteiger partial charge in [0.2, 0.25) is 0 Å². The Morgan fingerprint density at radius 1 is 1.13 bits per heavy atom. The normalized spacial score (nSPS) is 11.7. The molecule has 1 amide bonds. The van der Waals surface area contributed by atoms with E-state index in [1.54, 1.807) is 14.0 Å². The molecule has 0 spiro atoms. The second-order valence-corrected chi connectivity index (χ2v) is 5.56. The van der Waals surface area contributed by atoms with E-state index in [2.05, 4.69) is 5.32 Å². The van der Waals surface area contributed by atoms with E-state index in [-0.39, 0.29) is 5.91 Å². The van der Waals surface area contributed by atoms with Crippen molar-refractivity contribution >= 4 is 5.91 Å². The average molecular weight is 313 g/mol. The number of aryl methyl sites for hydroxylation is 2. The van der Waals surface area contributed by atoms with Gasteiger partial charge in [-0.1, -0.05) is 35.9 Å². The van der Waals surface area contributed by atoms with Gasteiger partial charge in [-0.05, 0) is 38.5 Å². The van der Waals surface area contributed by atoms with Crippen LogP contribution in [0.1, 0.15) is 23.6 Å². The smallest absolute Gasteiger partial charge is 0.261 e. The molecule has 0 aliphatic rings. The summed E-state index contributed by atoms with van der Waals surface area (Å²) in [7, 11) is 1.62. The van der Waals surface area contributed by atoms with Crippen molar-refractivity contribution in [3.05, 3.63) is 59.2 Å². The van der Waals surface area contributed by atoms with Crippen molar-refractivity contribution in [2.75, 3.05) is 7.11 Å². The van der Waals surface area contributed by atoms with Crippen LogP contribution in [-0.2, 0) is 11.3 Å². The fourth-order valence-corrected chi connectivity index (χ4v) is 2.35. The second kappa shape index (κ2) is 7.68. The first-order valence-corrected chi connectivity index (χ1v) is 7.64. The molecule has 2 aromatic rings. The van der Waals surface area contributed by atoms with E-state index < -0.39 is 6.10 Å². The maximum atomic E-state index is 12.2. The van der Waals surface area contributed by atoms with Crippen LogP contribution in [0, 0.1) is 13.8 Å². The number of carbonyl (C=O) groups is 1. The molecule has 2 aromatic carbocycles. The van der Waals surface area contributed by atoms with Crippen molar-refractivity contribution in [1.29, 1.82) is 0 Å². The first kappa shape index (κ1) is 16.9. The summed E-state index contributed by atoms with van der Waals surface area (Å²) < 4.78 is 11.0. The number of para-hydroxylation sites is 1. The van der Waals surface area contributed by atoms with Crippen LogP contribution >= 0.6 is 0 Å². The lowest BCUT2D eigenvalue weighted by Crippen LogP contribution is -2.36. The molecule has 2 rings (SSSR count). The quantitative estimate of drug-likeness (QED) is 0.889. The Kier molecular flexibility index (Phi) is 5.63. The highest BCUT2D eigenvalue weighted by atomic mass is 16.5. The summed E-state index contributed by atoms with van der Waals surface area (Å²) in [5.74, 6) is 1.34. The van der Waals surface area contributed by atoms with Gasteiger partial charge < -0.3 is 14.8 Å². The monoisotopic (exact) mass is 313 g/mol. The zero-order valence-corrected chi connectivity index (χ0v) is 14.1. The molecule has 0 saturated heterocycles. The Bertz CT molecular complexity index is 682. The molecule has 4 heteroatoms. The number of ether oxygens (including phenoxy) is 2. The van der Waals surface area contributed by atoms with Crippen LogP contribution in [0.2, 0.25) is 0 Å². The highest BCUT2D eigenvalue weighted by Gasteiger charge is 2.16. The van der Waals surface area contributed by atoms with Gasteiger partial charge in [0.25, 0.3) is 5.91 Å². The maximum Gasteiger partial charge on any atom is 0.261 e. The van der Waals surface area contributed by atoms with E-state index in [1.807, 2.05) is 56.3 Å². The van der Waals surface area contributed by atoms with Gasteiger partial charge in [-0.3, -0.25) is 4.79 Å². The predicted molar refractivity (Wildman–Crippen MR) is 90.8 cm³/mol. The third-order valence-corrected chi connectivity index (χ3v) is 3.65. The lowest BCUT2D eigenvalue weighted by Gasteiger charge is -2.17. The van der Waals surface area contributed by atoms with Crippen LogP contribution in [0.4, 0.5) is 0 Å². The summed E-state index contributed by atoms with van der Waals surface area (Å²) in [6.07, 6.45) is -0.564. The molecule has 0 aromatic heterocycles. The Morgan fingerprint density at radius 3 is 2.57 bits per heavy atom. The average Bonchev–Trinajstić information content (AvgIpc) is 2.55. The van der Waals surface area contributed by atoms with Gasteiger partial charge in [-0.2, -0.15) is 0 Å². The Morgan fingerprint density at radius 2 is 1.87 bits per heavy atom. The fraction of sp³-hybridized carbons (Fsp3) is 0.316. The summed E-state index contributed by atoms with van der Waals surface area (Å²) in [6.45, 7) is 6.15. The molecular formula is C19H23NO3. The number of amides is 1. The van der Waals surface area contributed by atoms with E-state index in [4.69, 9.17) is 9.47 Å². The zero-order chi connectivity index (χ0) is 16.8. The summed E-state index contributed by atoms with van der Waals surface area (Å²) in [5, 5.41) is 2.88. The highest BCUT2D eigenvalue weighted by Crippen LogP contribution is 2.20. The summed E-state index contributed by atoms with van der Waals surface area (Å²) in [4.78, 5) is 12.2. The first-order chi connectivity index (χ1) is 11.0. The van der Waals surface area contributed by atoms with E-state index in [1.165, 1.54) is 5.56 Å². The molecule has 1 N–H and O–H groups in total. The lowest BCUT2D eigenvalue weighted by molar-refractivity contribution is -0.127. The van der Waals surface area contributed by atoms with Crippen molar-refractivity contribution in [3.63, 3.8) is 0 Å². The molecule has 0 saturated carbocycles. The van der Waals surface area contributed by atoms with Crippen LogP contribution in [-0.4, -0.2) is 19.1 Å². The number of hydrogen-bond acceptors (Lipinski definition) is 3. The van der Waals surface area contributed by atoms with Crippen LogP contribution in [0.15, 0.2) is 42.5 Å². The SMILES string of the molecule is COc1ccccc1CNC(=O)[C@H](C)Oc1ccc(C)cc1C. The van der Waals surface area contributed by atoms with Crippen molar-refractivity contribution < 1.29 is 14.3 Å². The fourth-order valence-electron chi connectivity index (χ4n) is 2.35. The molecule has 0 fully saturated rings. The number of benzene rings is 2. The topological polar surface area (TPSA) is 47.6 Å². The van der Waals surface area contributed by atoms with Crippen LogP contribution in [0.5, 0.6) is 11.5 Å². The molecule has 0 aliphatic carbocycles. The molecule has 0 aliphatic heterocycles. The Balaban J connectivity index is 1.95. The third-order valence-electron chi connectivity index (χ3n) is 3.65. The standard InChI is InChI=1S/C19H23NO3/c1-13-9-10-17(14(2)11-13)23-15(3)19(21)20-12-16-7-5-6-8-18(16)22-4/h5-11,15H,12H2,1-4H3,(H,20,21)/t15-/m0/s1. The molecule has 23 heavy (non-hydrogen) atoms. The summed E-state index contributed by atoms with van der Waals surface area (Å²) in [5.41, 5.74) is 3.12. The van der Waals surface area contributed by atoms with Gasteiger partial charge in [0.1, 0.15) is 11.5 Å². The highest BCUT2D eigenvalue weighted by molar-refractivity contribution is 5.80. The minimum absolute atomic E-state index is 0.157. The lowest BCUT2D eigenvalue weighted by atomic mass is 10.1. The molecule has 0 bridgehead atoms. The molecule has 1 atom stereocenters. The zero-order valence-electron chi connectivity index (χ0n) is 14.1. The number of hydrogen-bond donors (Lipinski definition) is 1. The minimum atomic E-state index is -0.564. The van der Waals surface area contributed by atoms with E-state index in [9.17, 15) is 4.79 Å². The minimum Gasteiger partial charge on any atom is -0.496 e. The van der Waals surface area contributed by atoms with Crippen molar-refractivity contribution in [1.82, 2.24) is 5.32 Å². The van der Waals surface area contributed by atoms with Crippen LogP contribution in [0.3, 0.4) is 0 Å². The predicted octanol–water partition coefficient (Wildman–Crippen LogP) is 3.40. The van der Waals surface area contributed by atoms with Crippen molar-refractivity contribution in [2.45, 2.75) is 33.4 Å². The molecule has 4 nitrogen and oxygen atoms in total. The number of nitrogens with one attached hydrogen (secondary N) is 1. The third kappa shape index (κ3) is 4.49. The van der Waals surface area contributed by atoms with Gasteiger partial charge in [0.15, 0.2) is 6.10 Å². The first-order valence-electron chi connectivity index (χ1n) is 7.64. The van der Waals surface area contributed by atoms with E-state index in [0.717, 1.165) is 22.6 Å². The molecular weight excluding hydrogens is 290 g/mol. The van der Waals surface area contributed by atoms with E-state index in [0.29, 0.717) is 6.54 Å². The van der Waals surface area contributed by atoms with Gasteiger partial charge in [-0.15, -0.1) is 0 Å². The molecule has 0 heterocycles. The van der Waals surface area contributed by atoms with E-state index >= 15 is 0 Å². The molecule has 122 valence electrons. The van der Waals surface area contributed by atoms with Gasteiger partial charge in [0, 0.05) is 12.1 Å². The number of methoxy groups -OCH3 is 1. The van der Waals surface area contributed by atoms with Crippen LogP contribution in [0.25, 0.3) is 0 Å². The van der Waals surface area contributed by atoms with Gasteiger partial charge >= 0.3 is 0 Å².